The van der Waals surface area contributed by atoms with Crippen molar-refractivity contribution < 1.29 is 9.53 Å². The average molecular weight is 563 g/mol. The number of nitrogens with zero attached hydrogens (tertiary/aromatic N) is 4. The Bertz CT molecular complexity index is 959. The number of fused-ring (bicyclic) bond motifs is 1. The van der Waals surface area contributed by atoms with Gasteiger partial charge in [0.05, 0.1) is 7.11 Å². The molecule has 4 rings (SSSR count). The fraction of sp³-hybridized carbons (Fsp3) is 0.440. The van der Waals surface area contributed by atoms with Crippen LogP contribution < -0.4 is 15.0 Å². The van der Waals surface area contributed by atoms with Gasteiger partial charge in [0, 0.05) is 57.6 Å². The van der Waals surface area contributed by atoms with Crippen LogP contribution in [0.15, 0.2) is 53.5 Å². The lowest BCUT2D eigenvalue weighted by Crippen LogP contribution is -2.52. The molecule has 0 aromatic heterocycles. The van der Waals surface area contributed by atoms with Crippen LogP contribution in [0.4, 0.5) is 5.69 Å². The van der Waals surface area contributed by atoms with Crippen molar-refractivity contribution in [1.82, 2.24) is 15.1 Å². The van der Waals surface area contributed by atoms with Gasteiger partial charge in [-0.1, -0.05) is 30.3 Å². The molecule has 1 amide bonds. The molecule has 0 unspecified atom stereocenters. The molecular formula is C25H34IN5O2. The second-order valence-corrected chi connectivity index (χ2v) is 8.18. The summed E-state index contributed by atoms with van der Waals surface area (Å²) in [6.45, 7) is 7.97. The van der Waals surface area contributed by atoms with Crippen molar-refractivity contribution in [1.29, 1.82) is 0 Å². The molecule has 33 heavy (non-hydrogen) atoms. The van der Waals surface area contributed by atoms with Crippen LogP contribution in [0.3, 0.4) is 0 Å². The van der Waals surface area contributed by atoms with Gasteiger partial charge in [0.15, 0.2) is 5.96 Å². The lowest BCUT2D eigenvalue weighted by atomic mass is 10.00. The number of nitrogens with one attached hydrogen (secondary N) is 1. The molecule has 178 valence electrons. The first kappa shape index (κ1) is 25.1. The first-order valence-electron chi connectivity index (χ1n) is 11.4. The molecule has 2 aliphatic rings. The van der Waals surface area contributed by atoms with Gasteiger partial charge >= 0.3 is 0 Å². The number of methoxy groups -OCH3 is 1. The molecule has 7 nitrogen and oxygen atoms in total. The lowest BCUT2D eigenvalue weighted by molar-refractivity contribution is -0.130. The quantitative estimate of drug-likeness (QED) is 0.345. The van der Waals surface area contributed by atoms with Gasteiger partial charge in [-0.15, -0.1) is 24.0 Å². The fourth-order valence-electron chi connectivity index (χ4n) is 4.36. The zero-order valence-electron chi connectivity index (χ0n) is 19.5. The van der Waals surface area contributed by atoms with Gasteiger partial charge in [-0.2, -0.15) is 0 Å². The van der Waals surface area contributed by atoms with E-state index in [9.17, 15) is 4.79 Å². The predicted octanol–water partition coefficient (Wildman–Crippen LogP) is 2.99. The van der Waals surface area contributed by atoms with Gasteiger partial charge in [0.1, 0.15) is 12.3 Å². The van der Waals surface area contributed by atoms with E-state index in [0.717, 1.165) is 57.4 Å². The summed E-state index contributed by atoms with van der Waals surface area (Å²) >= 11 is 0. The number of hydrogen-bond donors (Lipinski definition) is 1. The standard InChI is InChI=1S/C25H33N5O2.HI/c1-3-26-25(27-18-24(31)30-12-11-20-7-4-5-8-21(20)19-30)29-15-13-28(14-16-29)22-9-6-10-23(17-22)32-2;/h4-10,17H,3,11-16,18-19H2,1-2H3,(H,26,27);1H. The first-order valence-corrected chi connectivity index (χ1v) is 11.4. The SMILES string of the molecule is CCNC(=NCC(=O)N1CCc2ccccc2C1)N1CCN(c2cccc(OC)c2)CC1.I. The number of ether oxygens (including phenoxy) is 1. The summed E-state index contributed by atoms with van der Waals surface area (Å²) in [5, 5.41) is 3.37. The minimum atomic E-state index is 0. The number of benzene rings is 2. The van der Waals surface area contributed by atoms with Crippen LogP contribution in [0.25, 0.3) is 0 Å². The van der Waals surface area contributed by atoms with Crippen molar-refractivity contribution in [2.45, 2.75) is 19.9 Å². The molecular weight excluding hydrogens is 529 g/mol. The minimum Gasteiger partial charge on any atom is -0.497 e. The molecule has 1 N–H and O–H groups in total. The summed E-state index contributed by atoms with van der Waals surface area (Å²) < 4.78 is 5.36. The molecule has 1 saturated heterocycles. The van der Waals surface area contributed by atoms with E-state index in [-0.39, 0.29) is 36.4 Å². The van der Waals surface area contributed by atoms with Crippen LogP contribution in [0.1, 0.15) is 18.1 Å². The van der Waals surface area contributed by atoms with Gasteiger partial charge in [0.2, 0.25) is 5.91 Å². The Morgan fingerprint density at radius 3 is 2.48 bits per heavy atom. The normalized spacial score (nSPS) is 16.1. The Kier molecular flexibility index (Phi) is 9.22. The van der Waals surface area contributed by atoms with E-state index >= 15 is 0 Å². The van der Waals surface area contributed by atoms with Crippen LogP contribution >= 0.6 is 24.0 Å². The fourth-order valence-corrected chi connectivity index (χ4v) is 4.36. The van der Waals surface area contributed by atoms with Crippen molar-refractivity contribution in [2.24, 2.45) is 4.99 Å². The molecule has 0 spiro atoms. The van der Waals surface area contributed by atoms with Crippen molar-refractivity contribution >= 4 is 41.5 Å². The highest BCUT2D eigenvalue weighted by Gasteiger charge is 2.22. The van der Waals surface area contributed by atoms with Crippen molar-refractivity contribution in [3.63, 3.8) is 0 Å². The molecule has 2 heterocycles. The Morgan fingerprint density at radius 1 is 1.00 bits per heavy atom. The van der Waals surface area contributed by atoms with E-state index < -0.39 is 0 Å². The number of anilines is 1. The van der Waals surface area contributed by atoms with Crippen molar-refractivity contribution in [3.8, 4) is 5.75 Å². The molecule has 2 aromatic carbocycles. The van der Waals surface area contributed by atoms with E-state index in [1.54, 1.807) is 7.11 Å². The van der Waals surface area contributed by atoms with Crippen molar-refractivity contribution in [3.05, 3.63) is 59.7 Å². The average Bonchev–Trinajstić information content (AvgIpc) is 2.86. The summed E-state index contributed by atoms with van der Waals surface area (Å²) in [5.41, 5.74) is 3.77. The number of carbonyl (C=O) groups is 1. The topological polar surface area (TPSA) is 60.4 Å². The Morgan fingerprint density at radius 2 is 1.76 bits per heavy atom. The molecule has 0 saturated carbocycles. The van der Waals surface area contributed by atoms with Crippen LogP contribution in [-0.4, -0.2) is 74.6 Å². The zero-order valence-corrected chi connectivity index (χ0v) is 21.8. The molecule has 1 fully saturated rings. The van der Waals surface area contributed by atoms with E-state index in [0.29, 0.717) is 6.54 Å². The van der Waals surface area contributed by atoms with E-state index in [1.807, 2.05) is 23.1 Å². The molecule has 0 atom stereocenters. The summed E-state index contributed by atoms with van der Waals surface area (Å²) in [6.07, 6.45) is 0.915. The van der Waals surface area contributed by atoms with E-state index in [1.165, 1.54) is 16.8 Å². The highest BCUT2D eigenvalue weighted by molar-refractivity contribution is 14.0. The smallest absolute Gasteiger partial charge is 0.244 e. The van der Waals surface area contributed by atoms with Crippen LogP contribution in [0.2, 0.25) is 0 Å². The van der Waals surface area contributed by atoms with Gasteiger partial charge < -0.3 is 24.8 Å². The van der Waals surface area contributed by atoms with Crippen LogP contribution in [0.5, 0.6) is 5.75 Å². The largest absolute Gasteiger partial charge is 0.497 e. The van der Waals surface area contributed by atoms with Crippen LogP contribution in [-0.2, 0) is 17.8 Å². The molecule has 2 aliphatic heterocycles. The monoisotopic (exact) mass is 563 g/mol. The summed E-state index contributed by atoms with van der Waals surface area (Å²) in [6, 6.07) is 16.6. The maximum Gasteiger partial charge on any atom is 0.244 e. The third kappa shape index (κ3) is 6.31. The number of rotatable bonds is 5. The van der Waals surface area contributed by atoms with Crippen LogP contribution in [0, 0.1) is 0 Å². The van der Waals surface area contributed by atoms with Gasteiger partial charge in [-0.25, -0.2) is 4.99 Å². The number of carbonyl (C=O) groups excluding carboxylic acids is 1. The molecule has 0 bridgehead atoms. The number of amides is 1. The minimum absolute atomic E-state index is 0. The maximum absolute atomic E-state index is 12.8. The predicted molar refractivity (Wildman–Crippen MR) is 144 cm³/mol. The zero-order chi connectivity index (χ0) is 22.3. The van der Waals surface area contributed by atoms with E-state index in [2.05, 4.69) is 52.4 Å². The second-order valence-electron chi connectivity index (χ2n) is 8.18. The maximum atomic E-state index is 12.8. The molecule has 8 heteroatoms. The van der Waals surface area contributed by atoms with Gasteiger partial charge in [-0.3, -0.25) is 4.79 Å². The molecule has 2 aromatic rings. The number of guanidine groups is 1. The highest BCUT2D eigenvalue weighted by atomic mass is 127. The number of piperazine rings is 1. The first-order chi connectivity index (χ1) is 15.7. The second kappa shape index (κ2) is 12.1. The number of aliphatic imine (C=N–C) groups is 1. The third-order valence-electron chi connectivity index (χ3n) is 6.18. The van der Waals surface area contributed by atoms with Crippen molar-refractivity contribution in [2.75, 3.05) is 57.8 Å². The molecule has 0 radical (unpaired) electrons. The summed E-state index contributed by atoms with van der Waals surface area (Å²) in [5.74, 6) is 1.78. The van der Waals surface area contributed by atoms with E-state index in [4.69, 9.17) is 9.73 Å². The Balaban J connectivity index is 0.00000306. The van der Waals surface area contributed by atoms with Gasteiger partial charge in [-0.05, 0) is 36.6 Å². The summed E-state index contributed by atoms with van der Waals surface area (Å²) in [7, 11) is 1.69. The Labute approximate surface area is 213 Å². The van der Waals surface area contributed by atoms with Gasteiger partial charge in [0.25, 0.3) is 0 Å². The highest BCUT2D eigenvalue weighted by Crippen LogP contribution is 2.22. The summed E-state index contributed by atoms with van der Waals surface area (Å²) in [4.78, 5) is 24.1. The lowest BCUT2D eigenvalue weighted by Gasteiger charge is -2.38. The number of halogens is 1. The molecule has 0 aliphatic carbocycles. The number of hydrogen-bond acceptors (Lipinski definition) is 4. The third-order valence-corrected chi connectivity index (χ3v) is 6.18. The Hall–Kier alpha value is -2.49.